The molecule has 1 amide bonds. The third-order valence-corrected chi connectivity index (χ3v) is 4.08. The van der Waals surface area contributed by atoms with Crippen LogP contribution >= 0.6 is 31.9 Å². The Kier molecular flexibility index (Phi) is 4.10. The molecule has 1 aromatic carbocycles. The fourth-order valence-electron chi connectivity index (χ4n) is 2.11. The minimum Gasteiger partial charge on any atom is -0.478 e. The van der Waals surface area contributed by atoms with E-state index < -0.39 is 5.97 Å². The van der Waals surface area contributed by atoms with Crippen molar-refractivity contribution >= 4 is 49.4 Å². The first-order chi connectivity index (χ1) is 8.93. The lowest BCUT2D eigenvalue weighted by Gasteiger charge is -2.20. The molecule has 0 aliphatic carbocycles. The number of nitrogens with zero attached hydrogens (tertiary/aromatic N) is 1. The van der Waals surface area contributed by atoms with Crippen LogP contribution in [0.25, 0.3) is 0 Å². The van der Waals surface area contributed by atoms with Gasteiger partial charge >= 0.3 is 5.97 Å². The summed E-state index contributed by atoms with van der Waals surface area (Å²) in [6, 6.07) is 3.23. The first-order valence-electron chi connectivity index (χ1n) is 5.59. The number of carboxylic acids is 1. The Morgan fingerprint density at radius 1 is 1.47 bits per heavy atom. The molecule has 1 atom stereocenters. The lowest BCUT2D eigenvalue weighted by molar-refractivity contribution is -0.117. The molecular formula is C13H11Br2NO3. The average Bonchev–Trinajstić information content (AvgIpc) is 2.69. The first kappa shape index (κ1) is 14.3. The topological polar surface area (TPSA) is 57.6 Å². The number of halogens is 2. The molecule has 19 heavy (non-hydrogen) atoms. The minimum absolute atomic E-state index is 0.0599. The van der Waals surface area contributed by atoms with Crippen LogP contribution < -0.4 is 4.90 Å². The van der Waals surface area contributed by atoms with Gasteiger partial charge in [0, 0.05) is 27.8 Å². The Balaban J connectivity index is 2.53. The zero-order chi connectivity index (χ0) is 14.2. The molecule has 1 saturated heterocycles. The molecule has 0 radical (unpaired) electrons. The van der Waals surface area contributed by atoms with Gasteiger partial charge in [-0.2, -0.15) is 0 Å². The Morgan fingerprint density at radius 2 is 2.16 bits per heavy atom. The lowest BCUT2D eigenvalue weighted by atomic mass is 10.1. The summed E-state index contributed by atoms with van der Waals surface area (Å²) in [6.45, 7) is 4.15. The fourth-order valence-corrected chi connectivity index (χ4v) is 3.55. The summed E-state index contributed by atoms with van der Waals surface area (Å²) >= 11 is 6.58. The van der Waals surface area contributed by atoms with Gasteiger partial charge in [-0.25, -0.2) is 4.79 Å². The number of carbonyl (C=O) groups is 2. The lowest BCUT2D eigenvalue weighted by Crippen LogP contribution is -2.27. The van der Waals surface area contributed by atoms with Crippen molar-refractivity contribution in [3.05, 3.63) is 39.3 Å². The van der Waals surface area contributed by atoms with E-state index in [1.807, 2.05) is 0 Å². The van der Waals surface area contributed by atoms with Crippen LogP contribution in [0.3, 0.4) is 0 Å². The molecule has 1 heterocycles. The quantitative estimate of drug-likeness (QED) is 0.806. The molecule has 0 aromatic heterocycles. The second-order valence-electron chi connectivity index (χ2n) is 4.29. The van der Waals surface area contributed by atoms with E-state index in [1.165, 1.54) is 11.0 Å². The Labute approximate surface area is 127 Å². The monoisotopic (exact) mass is 387 g/mol. The van der Waals surface area contributed by atoms with Crippen LogP contribution in [0.1, 0.15) is 16.8 Å². The highest BCUT2D eigenvalue weighted by molar-refractivity contribution is 9.11. The molecule has 1 N–H and O–H groups in total. The van der Waals surface area contributed by atoms with E-state index in [1.54, 1.807) is 12.1 Å². The molecule has 0 bridgehead atoms. The molecule has 2 rings (SSSR count). The van der Waals surface area contributed by atoms with Gasteiger partial charge in [-0.15, -0.1) is 6.58 Å². The van der Waals surface area contributed by atoms with Crippen LogP contribution in [0.4, 0.5) is 5.69 Å². The van der Waals surface area contributed by atoms with Crippen LogP contribution in [0.2, 0.25) is 0 Å². The summed E-state index contributed by atoms with van der Waals surface area (Å²) in [5.41, 5.74) is 0.504. The normalized spacial score (nSPS) is 18.7. The molecule has 1 aliphatic heterocycles. The summed E-state index contributed by atoms with van der Waals surface area (Å²) in [5, 5.41) is 9.28. The van der Waals surface area contributed by atoms with Crippen molar-refractivity contribution in [1.29, 1.82) is 0 Å². The van der Waals surface area contributed by atoms with Crippen LogP contribution in [0.5, 0.6) is 0 Å². The van der Waals surface area contributed by atoms with E-state index in [0.29, 0.717) is 27.6 Å². The number of anilines is 1. The van der Waals surface area contributed by atoms with Crippen molar-refractivity contribution in [2.45, 2.75) is 6.42 Å². The SMILES string of the molecule is C=CC1CC(=O)N(c2c(Br)cc(Br)cc2C(=O)O)C1. The minimum atomic E-state index is -1.06. The van der Waals surface area contributed by atoms with Gasteiger partial charge in [0.1, 0.15) is 0 Å². The van der Waals surface area contributed by atoms with Crippen LogP contribution in [0.15, 0.2) is 33.7 Å². The first-order valence-corrected chi connectivity index (χ1v) is 7.18. The Hall–Kier alpha value is -1.14. The summed E-state index contributed by atoms with van der Waals surface area (Å²) in [7, 11) is 0. The molecule has 1 aromatic rings. The smallest absolute Gasteiger partial charge is 0.337 e. The van der Waals surface area contributed by atoms with E-state index in [0.717, 1.165) is 0 Å². The number of carboxylic acid groups (broad SMARTS) is 1. The maximum atomic E-state index is 12.0. The fraction of sp³-hybridized carbons (Fsp3) is 0.231. The van der Waals surface area contributed by atoms with Crippen LogP contribution in [0, 0.1) is 5.92 Å². The predicted octanol–water partition coefficient (Wildman–Crippen LogP) is 3.45. The van der Waals surface area contributed by atoms with Crippen LogP contribution in [-0.2, 0) is 4.79 Å². The molecule has 0 spiro atoms. The summed E-state index contributed by atoms with van der Waals surface area (Å²) in [6.07, 6.45) is 2.09. The van der Waals surface area contributed by atoms with Crippen molar-refractivity contribution in [3.8, 4) is 0 Å². The van der Waals surface area contributed by atoms with Crippen molar-refractivity contribution < 1.29 is 14.7 Å². The zero-order valence-corrected chi connectivity index (χ0v) is 13.1. The van der Waals surface area contributed by atoms with Gasteiger partial charge < -0.3 is 10.0 Å². The predicted molar refractivity (Wildman–Crippen MR) is 79.5 cm³/mol. The van der Waals surface area contributed by atoms with Gasteiger partial charge in [0.2, 0.25) is 5.91 Å². The summed E-state index contributed by atoms with van der Waals surface area (Å²) < 4.78 is 1.23. The van der Waals surface area contributed by atoms with Gasteiger partial charge in [0.25, 0.3) is 0 Å². The van der Waals surface area contributed by atoms with Crippen molar-refractivity contribution in [1.82, 2.24) is 0 Å². The van der Waals surface area contributed by atoms with Gasteiger partial charge in [0.05, 0.1) is 11.3 Å². The van der Waals surface area contributed by atoms with Gasteiger partial charge in [-0.1, -0.05) is 22.0 Å². The highest BCUT2D eigenvalue weighted by Gasteiger charge is 2.32. The van der Waals surface area contributed by atoms with E-state index in [2.05, 4.69) is 38.4 Å². The summed E-state index contributed by atoms with van der Waals surface area (Å²) in [5.74, 6) is -1.09. The van der Waals surface area contributed by atoms with Gasteiger partial charge in [-0.05, 0) is 28.1 Å². The maximum absolute atomic E-state index is 12.0. The van der Waals surface area contributed by atoms with Crippen molar-refractivity contribution in [2.24, 2.45) is 5.92 Å². The highest BCUT2D eigenvalue weighted by atomic mass is 79.9. The van der Waals surface area contributed by atoms with Gasteiger partial charge in [-0.3, -0.25) is 4.79 Å². The van der Waals surface area contributed by atoms with E-state index in [9.17, 15) is 14.7 Å². The molecule has 0 saturated carbocycles. The molecule has 1 aliphatic rings. The Morgan fingerprint density at radius 3 is 2.68 bits per heavy atom. The van der Waals surface area contributed by atoms with Crippen molar-refractivity contribution in [2.75, 3.05) is 11.4 Å². The van der Waals surface area contributed by atoms with Crippen LogP contribution in [-0.4, -0.2) is 23.5 Å². The van der Waals surface area contributed by atoms with E-state index in [-0.39, 0.29) is 17.4 Å². The molecule has 4 nitrogen and oxygen atoms in total. The number of carbonyl (C=O) groups excluding carboxylic acids is 1. The third-order valence-electron chi connectivity index (χ3n) is 3.02. The van der Waals surface area contributed by atoms with Gasteiger partial charge in [0.15, 0.2) is 0 Å². The second kappa shape index (κ2) is 5.46. The largest absolute Gasteiger partial charge is 0.478 e. The zero-order valence-electron chi connectivity index (χ0n) is 9.90. The van der Waals surface area contributed by atoms with E-state index in [4.69, 9.17) is 0 Å². The number of aromatic carboxylic acids is 1. The molecular weight excluding hydrogens is 378 g/mol. The number of hydrogen-bond acceptors (Lipinski definition) is 2. The second-order valence-corrected chi connectivity index (χ2v) is 6.06. The Bertz CT molecular complexity index is 571. The molecule has 1 fully saturated rings. The van der Waals surface area contributed by atoms with Crippen molar-refractivity contribution in [3.63, 3.8) is 0 Å². The molecule has 100 valence electrons. The number of rotatable bonds is 3. The molecule has 6 heteroatoms. The van der Waals surface area contributed by atoms with E-state index >= 15 is 0 Å². The third kappa shape index (κ3) is 2.74. The number of hydrogen-bond donors (Lipinski definition) is 1. The number of amides is 1. The molecule has 1 unspecified atom stereocenters. The number of benzene rings is 1. The summed E-state index contributed by atoms with van der Waals surface area (Å²) in [4.78, 5) is 24.9. The maximum Gasteiger partial charge on any atom is 0.337 e. The standard InChI is InChI=1S/C13H11Br2NO3/c1-2-7-3-11(17)16(6-7)12-9(13(18)19)4-8(14)5-10(12)15/h2,4-5,7H,1,3,6H2,(H,18,19). The highest BCUT2D eigenvalue weighted by Crippen LogP contribution is 2.37. The average molecular weight is 389 g/mol.